The largest absolute Gasteiger partial charge is 0.331 e. The van der Waals surface area contributed by atoms with Gasteiger partial charge in [-0.15, -0.1) is 0 Å². The van der Waals surface area contributed by atoms with Crippen LogP contribution in [0.15, 0.2) is 0 Å². The highest BCUT2D eigenvalue weighted by molar-refractivity contribution is 5.74. The number of nitrogens with zero attached hydrogens (tertiary/aromatic N) is 3. The third kappa shape index (κ3) is 2.18. The average Bonchev–Trinajstić information content (AvgIpc) is 2.10. The molecule has 0 aromatic carbocycles. The maximum absolute atomic E-state index is 11.8. The fraction of sp³-hybridized carbons (Fsp3) is 0.900. The molecule has 1 saturated heterocycles. The van der Waals surface area contributed by atoms with Gasteiger partial charge in [0.2, 0.25) is 0 Å². The lowest BCUT2D eigenvalue weighted by Gasteiger charge is -2.43. The zero-order valence-corrected chi connectivity index (χ0v) is 9.82. The minimum atomic E-state index is 0.123. The Hall–Kier alpha value is -0.770. The third-order valence-corrected chi connectivity index (χ3v) is 2.93. The van der Waals surface area contributed by atoms with Crippen LogP contribution in [0.4, 0.5) is 4.79 Å². The molecule has 0 radical (unpaired) electrons. The van der Waals surface area contributed by atoms with Crippen molar-refractivity contribution in [3.05, 3.63) is 0 Å². The number of carbonyl (C=O) groups is 1. The monoisotopic (exact) mass is 199 g/mol. The molecule has 2 amide bonds. The predicted molar refractivity (Wildman–Crippen MR) is 57.3 cm³/mol. The van der Waals surface area contributed by atoms with E-state index in [-0.39, 0.29) is 6.03 Å². The second-order valence-electron chi connectivity index (χ2n) is 4.47. The number of hydrogen-bond donors (Lipinski definition) is 0. The van der Waals surface area contributed by atoms with Crippen LogP contribution in [-0.2, 0) is 0 Å². The van der Waals surface area contributed by atoms with Crippen LogP contribution in [0.2, 0.25) is 0 Å². The minimum absolute atomic E-state index is 0.123. The Balaban J connectivity index is 2.66. The van der Waals surface area contributed by atoms with E-state index in [1.807, 2.05) is 4.90 Å². The van der Waals surface area contributed by atoms with E-state index in [1.54, 1.807) is 19.0 Å². The van der Waals surface area contributed by atoms with Crippen LogP contribution in [0.1, 0.15) is 13.8 Å². The maximum atomic E-state index is 11.8. The molecule has 14 heavy (non-hydrogen) atoms. The summed E-state index contributed by atoms with van der Waals surface area (Å²) in [6.07, 6.45) is 0. The van der Waals surface area contributed by atoms with E-state index in [1.165, 1.54) is 0 Å². The van der Waals surface area contributed by atoms with Crippen molar-refractivity contribution in [3.8, 4) is 0 Å². The van der Waals surface area contributed by atoms with Gasteiger partial charge in [0, 0.05) is 39.3 Å². The van der Waals surface area contributed by atoms with Gasteiger partial charge in [0.05, 0.1) is 0 Å². The Morgan fingerprint density at radius 3 is 2.29 bits per heavy atom. The summed E-state index contributed by atoms with van der Waals surface area (Å²) in [5.74, 6) is 0. The second kappa shape index (κ2) is 4.17. The highest BCUT2D eigenvalue weighted by Crippen LogP contribution is 2.14. The zero-order chi connectivity index (χ0) is 10.9. The Labute approximate surface area is 86.5 Å². The van der Waals surface area contributed by atoms with E-state index in [4.69, 9.17) is 0 Å². The van der Waals surface area contributed by atoms with Gasteiger partial charge in [-0.2, -0.15) is 0 Å². The van der Waals surface area contributed by atoms with Crippen LogP contribution in [-0.4, -0.2) is 67.0 Å². The first kappa shape index (κ1) is 11.3. The molecular weight excluding hydrogens is 178 g/mol. The summed E-state index contributed by atoms with van der Waals surface area (Å²) in [6, 6.07) is 0.888. The normalized spacial score (nSPS) is 29.1. The lowest BCUT2D eigenvalue weighted by atomic mass is 10.1. The summed E-state index contributed by atoms with van der Waals surface area (Å²) in [4.78, 5) is 17.7. The molecule has 0 aromatic rings. The van der Waals surface area contributed by atoms with Crippen molar-refractivity contribution in [1.29, 1.82) is 0 Å². The number of piperazine rings is 1. The Morgan fingerprint density at radius 1 is 1.21 bits per heavy atom. The summed E-state index contributed by atoms with van der Waals surface area (Å²) >= 11 is 0. The number of urea groups is 1. The van der Waals surface area contributed by atoms with Crippen LogP contribution < -0.4 is 0 Å². The topological polar surface area (TPSA) is 26.8 Å². The van der Waals surface area contributed by atoms with Crippen molar-refractivity contribution in [2.75, 3.05) is 34.2 Å². The lowest BCUT2D eigenvalue weighted by Crippen LogP contribution is -2.58. The predicted octanol–water partition coefficient (Wildman–Crippen LogP) is 0.692. The van der Waals surface area contributed by atoms with Gasteiger partial charge in [0.25, 0.3) is 0 Å². The Bertz CT molecular complexity index is 217. The second-order valence-corrected chi connectivity index (χ2v) is 4.47. The molecule has 82 valence electrons. The zero-order valence-electron chi connectivity index (χ0n) is 9.82. The molecule has 1 aliphatic rings. The molecule has 1 fully saturated rings. The van der Waals surface area contributed by atoms with Gasteiger partial charge in [-0.05, 0) is 20.9 Å². The quantitative estimate of drug-likeness (QED) is 0.574. The average molecular weight is 199 g/mol. The van der Waals surface area contributed by atoms with E-state index >= 15 is 0 Å². The van der Waals surface area contributed by atoms with E-state index in [9.17, 15) is 4.79 Å². The molecule has 1 rings (SSSR count). The molecular formula is C10H21N3O. The van der Waals surface area contributed by atoms with Gasteiger partial charge < -0.3 is 9.80 Å². The number of carbonyl (C=O) groups excluding carboxylic acids is 1. The van der Waals surface area contributed by atoms with E-state index < -0.39 is 0 Å². The van der Waals surface area contributed by atoms with Crippen molar-refractivity contribution in [1.82, 2.24) is 14.7 Å². The van der Waals surface area contributed by atoms with E-state index in [2.05, 4.69) is 25.8 Å². The molecule has 4 heteroatoms. The SMILES string of the molecule is CC1CN(C(=O)N(C)C)C(C)CN1C. The minimum Gasteiger partial charge on any atom is -0.331 e. The fourth-order valence-corrected chi connectivity index (χ4v) is 1.82. The van der Waals surface area contributed by atoms with Crippen LogP contribution in [0, 0.1) is 0 Å². The first-order valence-corrected chi connectivity index (χ1v) is 5.11. The molecule has 0 aliphatic carbocycles. The van der Waals surface area contributed by atoms with Gasteiger partial charge in [-0.25, -0.2) is 4.79 Å². The summed E-state index contributed by atoms with van der Waals surface area (Å²) in [5.41, 5.74) is 0. The maximum Gasteiger partial charge on any atom is 0.319 e. The molecule has 1 aliphatic heterocycles. The van der Waals surface area contributed by atoms with Gasteiger partial charge in [0.15, 0.2) is 0 Å². The van der Waals surface area contributed by atoms with E-state index in [0.29, 0.717) is 12.1 Å². The van der Waals surface area contributed by atoms with Crippen molar-refractivity contribution >= 4 is 6.03 Å². The summed E-state index contributed by atoms with van der Waals surface area (Å²) in [7, 11) is 5.72. The third-order valence-electron chi connectivity index (χ3n) is 2.93. The number of hydrogen-bond acceptors (Lipinski definition) is 2. The summed E-state index contributed by atoms with van der Waals surface area (Å²) in [5, 5.41) is 0. The van der Waals surface area contributed by atoms with Crippen molar-refractivity contribution in [3.63, 3.8) is 0 Å². The van der Waals surface area contributed by atoms with Crippen molar-refractivity contribution in [2.24, 2.45) is 0 Å². The standard InChI is InChI=1S/C10H21N3O/c1-8-7-13(10(14)11(3)4)9(2)6-12(8)5/h8-9H,6-7H2,1-5H3. The van der Waals surface area contributed by atoms with Crippen LogP contribution in [0.3, 0.4) is 0 Å². The van der Waals surface area contributed by atoms with Crippen LogP contribution in [0.25, 0.3) is 0 Å². The highest BCUT2D eigenvalue weighted by Gasteiger charge is 2.30. The van der Waals surface area contributed by atoms with E-state index in [0.717, 1.165) is 13.1 Å². The Kier molecular flexibility index (Phi) is 3.37. The van der Waals surface area contributed by atoms with Gasteiger partial charge in [-0.3, -0.25) is 4.90 Å². The molecule has 1 heterocycles. The van der Waals surface area contributed by atoms with Crippen LogP contribution >= 0.6 is 0 Å². The summed E-state index contributed by atoms with van der Waals surface area (Å²) < 4.78 is 0. The van der Waals surface area contributed by atoms with Crippen LogP contribution in [0.5, 0.6) is 0 Å². The van der Waals surface area contributed by atoms with Crippen molar-refractivity contribution < 1.29 is 4.79 Å². The molecule has 2 atom stereocenters. The van der Waals surface area contributed by atoms with Gasteiger partial charge in [0.1, 0.15) is 0 Å². The fourth-order valence-electron chi connectivity index (χ4n) is 1.82. The first-order valence-electron chi connectivity index (χ1n) is 5.11. The van der Waals surface area contributed by atoms with Gasteiger partial charge >= 0.3 is 6.03 Å². The smallest absolute Gasteiger partial charge is 0.319 e. The molecule has 0 aromatic heterocycles. The number of rotatable bonds is 0. The Morgan fingerprint density at radius 2 is 1.79 bits per heavy atom. The molecule has 0 spiro atoms. The molecule has 0 saturated carbocycles. The number of likely N-dealkylation sites (N-methyl/N-ethyl adjacent to an activating group) is 1. The molecule has 0 N–H and O–H groups in total. The molecule has 4 nitrogen and oxygen atoms in total. The molecule has 2 unspecified atom stereocenters. The molecule has 0 bridgehead atoms. The summed E-state index contributed by atoms with van der Waals surface area (Å²) in [6.45, 7) is 6.04. The highest BCUT2D eigenvalue weighted by atomic mass is 16.2. The number of amides is 2. The van der Waals surface area contributed by atoms with Crippen molar-refractivity contribution in [2.45, 2.75) is 25.9 Å². The van der Waals surface area contributed by atoms with Gasteiger partial charge in [-0.1, -0.05) is 0 Å². The first-order chi connectivity index (χ1) is 6.43. The lowest BCUT2D eigenvalue weighted by molar-refractivity contribution is 0.0700.